The van der Waals surface area contributed by atoms with Crippen molar-refractivity contribution in [3.63, 3.8) is 0 Å². The van der Waals surface area contributed by atoms with Crippen LogP contribution in [0.1, 0.15) is 30.4 Å². The summed E-state index contributed by atoms with van der Waals surface area (Å²) < 4.78 is 0. The van der Waals surface area contributed by atoms with Crippen LogP contribution in [-0.4, -0.2) is 24.2 Å². The van der Waals surface area contributed by atoms with Crippen LogP contribution in [0.5, 0.6) is 0 Å². The van der Waals surface area contributed by atoms with Crippen LogP contribution in [0.15, 0.2) is 30.3 Å². The summed E-state index contributed by atoms with van der Waals surface area (Å²) in [5.74, 6) is -0.131. The van der Waals surface area contributed by atoms with Crippen molar-refractivity contribution in [2.45, 2.75) is 19.3 Å². The highest BCUT2D eigenvalue weighted by molar-refractivity contribution is 5.91. The highest BCUT2D eigenvalue weighted by atomic mass is 16.2. The fourth-order valence-electron chi connectivity index (χ4n) is 1.52. The minimum absolute atomic E-state index is 0.131. The predicted octanol–water partition coefficient (Wildman–Crippen LogP) is 1.85. The van der Waals surface area contributed by atoms with E-state index in [0.717, 1.165) is 24.8 Å². The van der Waals surface area contributed by atoms with E-state index < -0.39 is 0 Å². The number of carbonyl (C=O) groups excluding carboxylic acids is 1. The van der Waals surface area contributed by atoms with E-state index in [9.17, 15) is 4.79 Å². The monoisotopic (exact) mass is 258 g/mol. The van der Waals surface area contributed by atoms with Gasteiger partial charge in [-0.1, -0.05) is 12.1 Å². The van der Waals surface area contributed by atoms with Crippen LogP contribution >= 0.6 is 0 Å². The number of hydrogen-bond acceptors (Lipinski definition) is 3. The molecule has 2 N–H and O–H groups in total. The maximum atomic E-state index is 11.5. The average Bonchev–Trinajstić information content (AvgIpc) is 2.45. The van der Waals surface area contributed by atoms with Crippen LogP contribution in [0.2, 0.25) is 0 Å². The maximum Gasteiger partial charge on any atom is 0.243 e. The lowest BCUT2D eigenvalue weighted by atomic mass is 10.1. The van der Waals surface area contributed by atoms with Gasteiger partial charge in [-0.25, -0.2) is 0 Å². The van der Waals surface area contributed by atoms with Crippen molar-refractivity contribution in [2.75, 3.05) is 13.2 Å². The Morgan fingerprint density at radius 3 is 2.63 bits per heavy atom. The molecule has 100 valence electrons. The van der Waals surface area contributed by atoms with E-state index in [0.29, 0.717) is 12.1 Å². The van der Waals surface area contributed by atoms with Gasteiger partial charge in [0, 0.05) is 19.2 Å². The summed E-state index contributed by atoms with van der Waals surface area (Å²) in [5.41, 5.74) is 1.49. The molecule has 0 saturated carbocycles. The zero-order valence-electron chi connectivity index (χ0n) is 10.8. The van der Waals surface area contributed by atoms with Gasteiger partial charge in [0.1, 0.15) is 0 Å². The van der Waals surface area contributed by atoms with Crippen LogP contribution < -0.4 is 5.32 Å². The van der Waals surface area contributed by atoms with E-state index in [1.165, 1.54) is 6.08 Å². The smallest absolute Gasteiger partial charge is 0.243 e. The largest absolute Gasteiger partial charge is 0.396 e. The third-order valence-corrected chi connectivity index (χ3v) is 2.60. The van der Waals surface area contributed by atoms with Crippen molar-refractivity contribution in [1.82, 2.24) is 5.32 Å². The van der Waals surface area contributed by atoms with Crippen LogP contribution in [0, 0.1) is 11.3 Å². The van der Waals surface area contributed by atoms with Gasteiger partial charge < -0.3 is 10.4 Å². The number of benzene rings is 1. The molecular weight excluding hydrogens is 240 g/mol. The summed E-state index contributed by atoms with van der Waals surface area (Å²) in [5, 5.41) is 20.0. The van der Waals surface area contributed by atoms with E-state index in [4.69, 9.17) is 10.4 Å². The number of amides is 1. The number of aliphatic hydroxyl groups is 1. The standard InChI is InChI=1S/C15H18N2O2/c16-12-14-6-4-13(5-7-14)8-9-15(19)17-10-2-1-3-11-18/h4-9,18H,1-3,10-11H2,(H,17,19)/b9-8+. The molecule has 0 unspecified atom stereocenters. The first kappa shape index (κ1) is 14.9. The zero-order chi connectivity index (χ0) is 13.9. The molecule has 19 heavy (non-hydrogen) atoms. The molecule has 1 aromatic rings. The third-order valence-electron chi connectivity index (χ3n) is 2.60. The quantitative estimate of drug-likeness (QED) is 0.579. The number of nitrogens with one attached hydrogen (secondary N) is 1. The second-order valence-corrected chi connectivity index (χ2v) is 4.14. The summed E-state index contributed by atoms with van der Waals surface area (Å²) in [7, 11) is 0. The lowest BCUT2D eigenvalue weighted by Gasteiger charge is -2.01. The number of nitriles is 1. The molecule has 0 aliphatic carbocycles. The van der Waals surface area contributed by atoms with Crippen molar-refractivity contribution >= 4 is 12.0 Å². The SMILES string of the molecule is N#Cc1ccc(/C=C/C(=O)NCCCCCO)cc1. The van der Waals surface area contributed by atoms with Crippen LogP contribution in [0.3, 0.4) is 0 Å². The minimum Gasteiger partial charge on any atom is -0.396 e. The number of aliphatic hydroxyl groups excluding tert-OH is 1. The van der Waals surface area contributed by atoms with Crippen molar-refractivity contribution in [3.8, 4) is 6.07 Å². The Morgan fingerprint density at radius 1 is 1.26 bits per heavy atom. The van der Waals surface area contributed by atoms with Gasteiger partial charge in [-0.2, -0.15) is 5.26 Å². The maximum absolute atomic E-state index is 11.5. The number of carbonyl (C=O) groups is 1. The number of hydrogen-bond donors (Lipinski definition) is 2. The zero-order valence-corrected chi connectivity index (χ0v) is 10.8. The predicted molar refractivity (Wildman–Crippen MR) is 74.1 cm³/mol. The molecule has 0 fully saturated rings. The Labute approximate surface area is 113 Å². The van der Waals surface area contributed by atoms with Crippen molar-refractivity contribution in [2.24, 2.45) is 0 Å². The van der Waals surface area contributed by atoms with Crippen molar-refractivity contribution in [1.29, 1.82) is 5.26 Å². The summed E-state index contributed by atoms with van der Waals surface area (Å²) in [6.07, 6.45) is 5.75. The van der Waals surface area contributed by atoms with E-state index in [-0.39, 0.29) is 12.5 Å². The minimum atomic E-state index is -0.131. The Balaban J connectivity index is 2.30. The van der Waals surface area contributed by atoms with Gasteiger partial charge in [0.2, 0.25) is 5.91 Å². The normalized spacial score (nSPS) is 10.3. The molecule has 0 bridgehead atoms. The molecule has 1 rings (SSSR count). The molecule has 4 nitrogen and oxygen atoms in total. The topological polar surface area (TPSA) is 73.1 Å². The summed E-state index contributed by atoms with van der Waals surface area (Å²) >= 11 is 0. The summed E-state index contributed by atoms with van der Waals surface area (Å²) in [6, 6.07) is 9.06. The lowest BCUT2D eigenvalue weighted by molar-refractivity contribution is -0.116. The number of unbranched alkanes of at least 4 members (excludes halogenated alkanes) is 2. The van der Waals surface area contributed by atoms with Gasteiger partial charge in [0.15, 0.2) is 0 Å². The molecule has 0 spiro atoms. The highest BCUT2D eigenvalue weighted by Crippen LogP contribution is 2.04. The Kier molecular flexibility index (Phi) is 7.00. The molecule has 0 radical (unpaired) electrons. The van der Waals surface area contributed by atoms with Gasteiger partial charge in [0.05, 0.1) is 11.6 Å². The molecule has 0 aliphatic rings. The number of rotatable bonds is 7. The second-order valence-electron chi connectivity index (χ2n) is 4.14. The third kappa shape index (κ3) is 6.39. The first-order chi connectivity index (χ1) is 9.26. The van der Waals surface area contributed by atoms with E-state index >= 15 is 0 Å². The highest BCUT2D eigenvalue weighted by Gasteiger charge is 1.95. The molecular formula is C15H18N2O2. The molecule has 1 amide bonds. The van der Waals surface area contributed by atoms with E-state index in [1.54, 1.807) is 30.3 Å². The molecule has 4 heteroatoms. The molecule has 1 aromatic carbocycles. The van der Waals surface area contributed by atoms with Crippen molar-refractivity contribution in [3.05, 3.63) is 41.5 Å². The summed E-state index contributed by atoms with van der Waals surface area (Å²) in [4.78, 5) is 11.5. The van der Waals surface area contributed by atoms with Crippen LogP contribution in [0.25, 0.3) is 6.08 Å². The van der Waals surface area contributed by atoms with Gasteiger partial charge >= 0.3 is 0 Å². The fourth-order valence-corrected chi connectivity index (χ4v) is 1.52. The lowest BCUT2D eigenvalue weighted by Crippen LogP contribution is -2.22. The number of nitrogens with zero attached hydrogens (tertiary/aromatic N) is 1. The molecule has 0 atom stereocenters. The molecule has 0 aliphatic heterocycles. The molecule has 0 heterocycles. The van der Waals surface area contributed by atoms with E-state index in [2.05, 4.69) is 5.32 Å². The van der Waals surface area contributed by atoms with Gasteiger partial charge in [-0.15, -0.1) is 0 Å². The van der Waals surface area contributed by atoms with Crippen LogP contribution in [0.4, 0.5) is 0 Å². The van der Waals surface area contributed by atoms with Gasteiger partial charge in [0.25, 0.3) is 0 Å². The fraction of sp³-hybridized carbons (Fsp3) is 0.333. The first-order valence-electron chi connectivity index (χ1n) is 6.33. The molecule has 0 aromatic heterocycles. The second kappa shape index (κ2) is 8.90. The summed E-state index contributed by atoms with van der Waals surface area (Å²) in [6.45, 7) is 0.823. The van der Waals surface area contributed by atoms with Gasteiger partial charge in [-0.05, 0) is 43.0 Å². The average molecular weight is 258 g/mol. The Morgan fingerprint density at radius 2 is 2.00 bits per heavy atom. The first-order valence-corrected chi connectivity index (χ1v) is 6.33. The Hall–Kier alpha value is -2.12. The van der Waals surface area contributed by atoms with E-state index in [1.807, 2.05) is 6.07 Å². The van der Waals surface area contributed by atoms with Crippen molar-refractivity contribution < 1.29 is 9.90 Å². The van der Waals surface area contributed by atoms with Gasteiger partial charge in [-0.3, -0.25) is 4.79 Å². The Bertz CT molecular complexity index is 458. The van der Waals surface area contributed by atoms with Crippen LogP contribution in [-0.2, 0) is 4.79 Å². The molecule has 0 saturated heterocycles.